The maximum atomic E-state index is 4.68. The van der Waals surface area contributed by atoms with E-state index in [1.54, 1.807) is 0 Å². The molecule has 0 amide bonds. The van der Waals surface area contributed by atoms with Crippen LogP contribution in [0.5, 0.6) is 0 Å². The standard InChI is InChI=1S/C13H17N3S/c1-10-3-2-4-16-7-12(15-13(10)16)9-17-8-11-5-14-6-11/h2-4,7,11,14H,5-6,8-9H2,1H3. The lowest BCUT2D eigenvalue weighted by Gasteiger charge is -2.26. The largest absolute Gasteiger partial charge is 0.316 e. The number of thioether (sulfide) groups is 1. The van der Waals surface area contributed by atoms with Crippen LogP contribution >= 0.6 is 11.8 Å². The van der Waals surface area contributed by atoms with E-state index in [1.807, 2.05) is 11.8 Å². The number of rotatable bonds is 4. The van der Waals surface area contributed by atoms with E-state index in [0.717, 1.165) is 17.3 Å². The highest BCUT2D eigenvalue weighted by atomic mass is 32.2. The molecule has 0 radical (unpaired) electrons. The molecular weight excluding hydrogens is 230 g/mol. The van der Waals surface area contributed by atoms with Crippen molar-refractivity contribution in [2.24, 2.45) is 5.92 Å². The molecule has 1 aliphatic rings. The zero-order valence-corrected chi connectivity index (χ0v) is 10.8. The second-order valence-corrected chi connectivity index (χ2v) is 5.72. The van der Waals surface area contributed by atoms with Gasteiger partial charge in [0.2, 0.25) is 0 Å². The predicted octanol–water partition coefficient (Wildman–Crippen LogP) is 2.10. The normalized spacial score (nSPS) is 16.3. The molecule has 3 heterocycles. The fourth-order valence-corrected chi connectivity index (χ4v) is 3.11. The molecule has 0 spiro atoms. The van der Waals surface area contributed by atoms with Crippen LogP contribution in [0.25, 0.3) is 5.65 Å². The van der Waals surface area contributed by atoms with Gasteiger partial charge in [-0.25, -0.2) is 4.98 Å². The first-order valence-electron chi connectivity index (χ1n) is 6.04. The molecular formula is C13H17N3S. The predicted molar refractivity (Wildman–Crippen MR) is 72.5 cm³/mol. The van der Waals surface area contributed by atoms with Crippen molar-refractivity contribution >= 4 is 17.4 Å². The third-order valence-electron chi connectivity index (χ3n) is 3.20. The van der Waals surface area contributed by atoms with E-state index in [4.69, 9.17) is 0 Å². The van der Waals surface area contributed by atoms with Gasteiger partial charge in [-0.05, 0) is 43.3 Å². The summed E-state index contributed by atoms with van der Waals surface area (Å²) in [5.41, 5.74) is 3.52. The van der Waals surface area contributed by atoms with E-state index in [2.05, 4.69) is 46.2 Å². The topological polar surface area (TPSA) is 29.3 Å². The first-order chi connectivity index (χ1) is 8.33. The fourth-order valence-electron chi connectivity index (χ4n) is 2.07. The summed E-state index contributed by atoms with van der Waals surface area (Å²) >= 11 is 2.00. The summed E-state index contributed by atoms with van der Waals surface area (Å²) in [4.78, 5) is 4.68. The number of imidazole rings is 1. The molecule has 1 fully saturated rings. The van der Waals surface area contributed by atoms with E-state index in [-0.39, 0.29) is 0 Å². The lowest BCUT2D eigenvalue weighted by molar-refractivity contribution is 0.385. The van der Waals surface area contributed by atoms with Gasteiger partial charge in [-0.2, -0.15) is 11.8 Å². The molecule has 17 heavy (non-hydrogen) atoms. The number of hydrogen-bond acceptors (Lipinski definition) is 3. The monoisotopic (exact) mass is 247 g/mol. The van der Waals surface area contributed by atoms with Crippen LogP contribution in [0.4, 0.5) is 0 Å². The van der Waals surface area contributed by atoms with Crippen LogP contribution < -0.4 is 5.32 Å². The second kappa shape index (κ2) is 4.70. The minimum atomic E-state index is 0.874. The van der Waals surface area contributed by atoms with Gasteiger partial charge in [-0.3, -0.25) is 0 Å². The second-order valence-electron chi connectivity index (χ2n) is 4.69. The SMILES string of the molecule is Cc1cccn2cc(CSCC3CNC3)nc12. The van der Waals surface area contributed by atoms with Crippen molar-refractivity contribution in [2.75, 3.05) is 18.8 Å². The summed E-state index contributed by atoms with van der Waals surface area (Å²) < 4.78 is 2.12. The molecule has 2 aromatic rings. The van der Waals surface area contributed by atoms with E-state index in [1.165, 1.54) is 30.1 Å². The molecule has 1 saturated heterocycles. The summed E-state index contributed by atoms with van der Waals surface area (Å²) in [6.45, 7) is 4.49. The van der Waals surface area contributed by atoms with Gasteiger partial charge in [0.1, 0.15) is 5.65 Å². The third-order valence-corrected chi connectivity index (χ3v) is 4.40. The van der Waals surface area contributed by atoms with Gasteiger partial charge in [0.05, 0.1) is 5.69 Å². The van der Waals surface area contributed by atoms with Crippen LogP contribution in [0.1, 0.15) is 11.3 Å². The van der Waals surface area contributed by atoms with Crippen LogP contribution in [0, 0.1) is 12.8 Å². The van der Waals surface area contributed by atoms with Crippen molar-refractivity contribution in [3.8, 4) is 0 Å². The highest BCUT2D eigenvalue weighted by Gasteiger charge is 2.16. The molecule has 4 heteroatoms. The molecule has 90 valence electrons. The molecule has 0 saturated carbocycles. The highest BCUT2D eigenvalue weighted by Crippen LogP contribution is 2.18. The first kappa shape index (κ1) is 11.1. The summed E-state index contributed by atoms with van der Waals surface area (Å²) in [7, 11) is 0. The Hall–Kier alpha value is -1.00. The first-order valence-corrected chi connectivity index (χ1v) is 7.20. The molecule has 0 aliphatic carbocycles. The highest BCUT2D eigenvalue weighted by molar-refractivity contribution is 7.98. The van der Waals surface area contributed by atoms with Crippen LogP contribution in [0.2, 0.25) is 0 Å². The van der Waals surface area contributed by atoms with Gasteiger partial charge in [-0.15, -0.1) is 0 Å². The number of aryl methyl sites for hydroxylation is 1. The average molecular weight is 247 g/mol. The van der Waals surface area contributed by atoms with Gasteiger partial charge in [0, 0.05) is 18.1 Å². The number of aromatic nitrogens is 2. The van der Waals surface area contributed by atoms with Gasteiger partial charge in [0.25, 0.3) is 0 Å². The summed E-state index contributed by atoms with van der Waals surface area (Å²) in [5.74, 6) is 3.15. The fraction of sp³-hybridized carbons (Fsp3) is 0.462. The molecule has 1 aliphatic heterocycles. The molecule has 0 atom stereocenters. The van der Waals surface area contributed by atoms with Crippen LogP contribution in [0.15, 0.2) is 24.5 Å². The molecule has 3 nitrogen and oxygen atoms in total. The Labute approximate surface area is 106 Å². The molecule has 2 aromatic heterocycles. The summed E-state index contributed by atoms with van der Waals surface area (Å²) in [6.07, 6.45) is 4.22. The minimum absolute atomic E-state index is 0.874. The average Bonchev–Trinajstić information content (AvgIpc) is 2.66. The maximum absolute atomic E-state index is 4.68. The van der Waals surface area contributed by atoms with E-state index >= 15 is 0 Å². The number of nitrogens with one attached hydrogen (secondary N) is 1. The third kappa shape index (κ3) is 2.33. The van der Waals surface area contributed by atoms with E-state index < -0.39 is 0 Å². The van der Waals surface area contributed by atoms with Crippen molar-refractivity contribution < 1.29 is 0 Å². The molecule has 3 rings (SSSR count). The molecule has 0 bridgehead atoms. The van der Waals surface area contributed by atoms with Crippen molar-refractivity contribution in [1.29, 1.82) is 0 Å². The zero-order valence-electron chi connectivity index (χ0n) is 10.0. The quantitative estimate of drug-likeness (QED) is 0.897. The Kier molecular flexibility index (Phi) is 3.07. The maximum Gasteiger partial charge on any atom is 0.139 e. The van der Waals surface area contributed by atoms with Crippen LogP contribution in [-0.4, -0.2) is 28.2 Å². The molecule has 0 unspecified atom stereocenters. The van der Waals surface area contributed by atoms with Gasteiger partial charge >= 0.3 is 0 Å². The van der Waals surface area contributed by atoms with Gasteiger partial charge in [0.15, 0.2) is 0 Å². The number of hydrogen-bond donors (Lipinski definition) is 1. The molecule has 0 aromatic carbocycles. The van der Waals surface area contributed by atoms with E-state index in [0.29, 0.717) is 0 Å². The van der Waals surface area contributed by atoms with Crippen molar-refractivity contribution in [3.63, 3.8) is 0 Å². The number of pyridine rings is 1. The molecule has 1 N–H and O–H groups in total. The Balaban J connectivity index is 1.66. The minimum Gasteiger partial charge on any atom is -0.316 e. The van der Waals surface area contributed by atoms with Crippen molar-refractivity contribution in [2.45, 2.75) is 12.7 Å². The Morgan fingerprint density at radius 3 is 3.12 bits per heavy atom. The van der Waals surface area contributed by atoms with Crippen LogP contribution in [-0.2, 0) is 5.75 Å². The van der Waals surface area contributed by atoms with Crippen molar-refractivity contribution in [3.05, 3.63) is 35.8 Å². The lowest BCUT2D eigenvalue weighted by Crippen LogP contribution is -2.43. The van der Waals surface area contributed by atoms with E-state index in [9.17, 15) is 0 Å². The van der Waals surface area contributed by atoms with Gasteiger partial charge < -0.3 is 9.72 Å². The number of fused-ring (bicyclic) bond motifs is 1. The Bertz CT molecular complexity index is 516. The smallest absolute Gasteiger partial charge is 0.139 e. The Morgan fingerprint density at radius 2 is 2.41 bits per heavy atom. The van der Waals surface area contributed by atoms with Gasteiger partial charge in [-0.1, -0.05) is 6.07 Å². The van der Waals surface area contributed by atoms with Crippen molar-refractivity contribution in [1.82, 2.24) is 14.7 Å². The lowest BCUT2D eigenvalue weighted by atomic mass is 10.1. The zero-order chi connectivity index (χ0) is 11.7. The number of nitrogens with zero attached hydrogens (tertiary/aromatic N) is 2. The summed E-state index contributed by atoms with van der Waals surface area (Å²) in [6, 6.07) is 4.18. The summed E-state index contributed by atoms with van der Waals surface area (Å²) in [5, 5.41) is 3.31. The van der Waals surface area contributed by atoms with Crippen LogP contribution in [0.3, 0.4) is 0 Å². The Morgan fingerprint density at radius 1 is 1.53 bits per heavy atom.